The third kappa shape index (κ3) is 1.82. The molecule has 20 heavy (non-hydrogen) atoms. The number of rotatable bonds is 1. The number of pyridine rings is 2. The average Bonchev–Trinajstić information content (AvgIpc) is 2.54. The Morgan fingerprint density at radius 1 is 0.700 bits per heavy atom. The van der Waals surface area contributed by atoms with Gasteiger partial charge in [-0.1, -0.05) is 36.4 Å². The first-order valence-electron chi connectivity index (χ1n) is 6.60. The van der Waals surface area contributed by atoms with Gasteiger partial charge in [-0.25, -0.2) is 4.98 Å². The van der Waals surface area contributed by atoms with Crippen LogP contribution in [-0.4, -0.2) is 9.97 Å². The van der Waals surface area contributed by atoms with Gasteiger partial charge in [0.15, 0.2) is 0 Å². The van der Waals surface area contributed by atoms with E-state index in [0.29, 0.717) is 0 Å². The maximum Gasteiger partial charge on any atom is 0.0709 e. The van der Waals surface area contributed by atoms with Gasteiger partial charge in [-0.3, -0.25) is 4.98 Å². The zero-order chi connectivity index (χ0) is 13.4. The monoisotopic (exact) mass is 256 g/mol. The first-order chi connectivity index (χ1) is 9.90. The highest BCUT2D eigenvalue weighted by Gasteiger charge is 2.02. The fourth-order valence-corrected chi connectivity index (χ4v) is 2.47. The third-order valence-corrected chi connectivity index (χ3v) is 3.53. The van der Waals surface area contributed by atoms with Gasteiger partial charge in [0.1, 0.15) is 0 Å². The Morgan fingerprint density at radius 2 is 1.60 bits per heavy atom. The predicted molar refractivity (Wildman–Crippen MR) is 82.5 cm³/mol. The lowest BCUT2D eigenvalue weighted by Crippen LogP contribution is -1.85. The van der Waals surface area contributed by atoms with Gasteiger partial charge in [0.2, 0.25) is 0 Å². The van der Waals surface area contributed by atoms with Crippen LogP contribution in [0.5, 0.6) is 0 Å². The van der Waals surface area contributed by atoms with E-state index in [1.165, 1.54) is 10.8 Å². The molecule has 0 aliphatic rings. The molecule has 0 amide bonds. The zero-order valence-electron chi connectivity index (χ0n) is 10.8. The molecule has 94 valence electrons. The summed E-state index contributed by atoms with van der Waals surface area (Å²) in [6, 6.07) is 20.7. The molecule has 0 bridgehead atoms. The molecule has 4 aromatic rings. The van der Waals surface area contributed by atoms with Crippen molar-refractivity contribution in [2.45, 2.75) is 0 Å². The first-order valence-corrected chi connectivity index (χ1v) is 6.60. The number of benzene rings is 2. The Bertz CT molecular complexity index is 836. The highest BCUT2D eigenvalue weighted by atomic mass is 14.7. The van der Waals surface area contributed by atoms with E-state index in [2.05, 4.69) is 41.4 Å². The molecule has 0 saturated heterocycles. The minimum atomic E-state index is 0.995. The highest BCUT2D eigenvalue weighted by Crippen LogP contribution is 2.24. The van der Waals surface area contributed by atoms with E-state index in [1.54, 1.807) is 0 Å². The van der Waals surface area contributed by atoms with Crippen molar-refractivity contribution in [2.24, 2.45) is 0 Å². The number of hydrogen-bond acceptors (Lipinski definition) is 2. The maximum atomic E-state index is 4.73. The van der Waals surface area contributed by atoms with Crippen molar-refractivity contribution in [1.82, 2.24) is 9.97 Å². The van der Waals surface area contributed by atoms with Crippen molar-refractivity contribution >= 4 is 21.7 Å². The summed E-state index contributed by atoms with van der Waals surface area (Å²) in [5.41, 5.74) is 3.14. The SMILES string of the molecule is c1ccc2nc(-c3ccc4ccncc4c3)ccc2c1. The standard InChI is InChI=1S/C18H12N2/c1-2-4-17-14(3-1)7-8-18(20-17)15-6-5-13-9-10-19-12-16(13)11-15/h1-12H. The van der Waals surface area contributed by atoms with Gasteiger partial charge >= 0.3 is 0 Å². The summed E-state index contributed by atoms with van der Waals surface area (Å²) in [5, 5.41) is 3.50. The molecule has 0 N–H and O–H groups in total. The first kappa shape index (κ1) is 11.1. The fraction of sp³-hybridized carbons (Fsp3) is 0. The van der Waals surface area contributed by atoms with Crippen LogP contribution >= 0.6 is 0 Å². The highest BCUT2D eigenvalue weighted by molar-refractivity contribution is 5.87. The molecule has 2 nitrogen and oxygen atoms in total. The van der Waals surface area contributed by atoms with E-state index < -0.39 is 0 Å². The lowest BCUT2D eigenvalue weighted by Gasteiger charge is -2.05. The van der Waals surface area contributed by atoms with E-state index in [9.17, 15) is 0 Å². The normalized spacial score (nSPS) is 11.0. The van der Waals surface area contributed by atoms with Crippen LogP contribution in [0.15, 0.2) is 73.1 Å². The molecule has 0 aliphatic carbocycles. The fourth-order valence-electron chi connectivity index (χ4n) is 2.47. The second kappa shape index (κ2) is 4.42. The summed E-state index contributed by atoms with van der Waals surface area (Å²) in [6.45, 7) is 0. The van der Waals surface area contributed by atoms with E-state index in [1.807, 2.05) is 36.7 Å². The molecule has 2 heteroatoms. The number of para-hydroxylation sites is 1. The Hall–Kier alpha value is -2.74. The van der Waals surface area contributed by atoms with Crippen LogP contribution in [0, 0.1) is 0 Å². The molecule has 0 saturated carbocycles. The van der Waals surface area contributed by atoms with Crippen molar-refractivity contribution in [3.8, 4) is 11.3 Å². The summed E-state index contributed by atoms with van der Waals surface area (Å²) in [7, 11) is 0. The van der Waals surface area contributed by atoms with Crippen LogP contribution in [0.3, 0.4) is 0 Å². The van der Waals surface area contributed by atoms with Crippen molar-refractivity contribution in [1.29, 1.82) is 0 Å². The van der Waals surface area contributed by atoms with Gasteiger partial charge < -0.3 is 0 Å². The summed E-state index contributed by atoms with van der Waals surface area (Å²) >= 11 is 0. The van der Waals surface area contributed by atoms with Gasteiger partial charge in [-0.05, 0) is 29.7 Å². The van der Waals surface area contributed by atoms with Crippen LogP contribution < -0.4 is 0 Å². The van der Waals surface area contributed by atoms with Crippen molar-refractivity contribution in [2.75, 3.05) is 0 Å². The molecule has 0 aliphatic heterocycles. The average molecular weight is 256 g/mol. The number of nitrogens with zero attached hydrogens (tertiary/aromatic N) is 2. The molecule has 0 radical (unpaired) electrons. The van der Waals surface area contributed by atoms with Crippen LogP contribution in [0.25, 0.3) is 32.9 Å². The molecule has 0 unspecified atom stereocenters. The summed E-state index contributed by atoms with van der Waals surface area (Å²) in [6.07, 6.45) is 3.70. The van der Waals surface area contributed by atoms with E-state index in [-0.39, 0.29) is 0 Å². The Morgan fingerprint density at radius 3 is 2.60 bits per heavy atom. The van der Waals surface area contributed by atoms with Crippen molar-refractivity contribution in [3.63, 3.8) is 0 Å². The Kier molecular flexibility index (Phi) is 2.46. The lowest BCUT2D eigenvalue weighted by atomic mass is 10.1. The molecule has 0 atom stereocenters. The van der Waals surface area contributed by atoms with Crippen LogP contribution in [0.1, 0.15) is 0 Å². The summed E-state index contributed by atoms with van der Waals surface area (Å²) < 4.78 is 0. The lowest BCUT2D eigenvalue weighted by molar-refractivity contribution is 1.36. The van der Waals surface area contributed by atoms with E-state index in [4.69, 9.17) is 4.98 Å². The minimum absolute atomic E-state index is 0.995. The van der Waals surface area contributed by atoms with Gasteiger partial charge in [0.05, 0.1) is 11.2 Å². The Balaban J connectivity index is 1.91. The smallest absolute Gasteiger partial charge is 0.0709 e. The van der Waals surface area contributed by atoms with Gasteiger partial charge in [0.25, 0.3) is 0 Å². The zero-order valence-corrected chi connectivity index (χ0v) is 10.8. The third-order valence-electron chi connectivity index (χ3n) is 3.53. The van der Waals surface area contributed by atoms with Crippen LogP contribution in [0.2, 0.25) is 0 Å². The maximum absolute atomic E-state index is 4.73. The summed E-state index contributed by atoms with van der Waals surface area (Å²) in [4.78, 5) is 8.91. The summed E-state index contributed by atoms with van der Waals surface area (Å²) in [5.74, 6) is 0. The van der Waals surface area contributed by atoms with Crippen LogP contribution in [0.4, 0.5) is 0 Å². The second-order valence-electron chi connectivity index (χ2n) is 4.83. The predicted octanol–water partition coefficient (Wildman–Crippen LogP) is 4.45. The Labute approximate surface area is 116 Å². The number of aromatic nitrogens is 2. The molecule has 2 aromatic heterocycles. The molecular formula is C18H12N2. The van der Waals surface area contributed by atoms with Crippen molar-refractivity contribution < 1.29 is 0 Å². The van der Waals surface area contributed by atoms with E-state index in [0.717, 1.165) is 22.2 Å². The van der Waals surface area contributed by atoms with Gasteiger partial charge in [-0.2, -0.15) is 0 Å². The quantitative estimate of drug-likeness (QED) is 0.503. The molecule has 4 rings (SSSR count). The van der Waals surface area contributed by atoms with Crippen molar-refractivity contribution in [3.05, 3.63) is 73.1 Å². The van der Waals surface area contributed by atoms with E-state index >= 15 is 0 Å². The van der Waals surface area contributed by atoms with Gasteiger partial charge in [-0.15, -0.1) is 0 Å². The molecular weight excluding hydrogens is 244 g/mol. The number of hydrogen-bond donors (Lipinski definition) is 0. The molecule has 2 heterocycles. The number of fused-ring (bicyclic) bond motifs is 2. The molecule has 0 fully saturated rings. The topological polar surface area (TPSA) is 25.8 Å². The minimum Gasteiger partial charge on any atom is -0.264 e. The van der Waals surface area contributed by atoms with Gasteiger partial charge in [0, 0.05) is 28.7 Å². The molecule has 0 spiro atoms. The second-order valence-corrected chi connectivity index (χ2v) is 4.83. The van der Waals surface area contributed by atoms with Crippen LogP contribution in [-0.2, 0) is 0 Å². The largest absolute Gasteiger partial charge is 0.264 e. The molecule has 2 aromatic carbocycles.